The van der Waals surface area contributed by atoms with Crippen LogP contribution in [-0.4, -0.2) is 24.7 Å². The van der Waals surface area contributed by atoms with Crippen molar-refractivity contribution in [3.63, 3.8) is 0 Å². The number of nitrogens with two attached hydrogens (primary N) is 1. The van der Waals surface area contributed by atoms with E-state index in [0.717, 1.165) is 30.6 Å². The van der Waals surface area contributed by atoms with E-state index in [1.165, 1.54) is 0 Å². The van der Waals surface area contributed by atoms with Crippen molar-refractivity contribution in [2.45, 2.75) is 26.7 Å². The molecule has 0 aliphatic rings. The summed E-state index contributed by atoms with van der Waals surface area (Å²) >= 11 is 0. The first kappa shape index (κ1) is 13.4. The third-order valence-corrected chi connectivity index (χ3v) is 2.89. The van der Waals surface area contributed by atoms with Crippen LogP contribution in [0.2, 0.25) is 0 Å². The van der Waals surface area contributed by atoms with Crippen molar-refractivity contribution in [2.24, 2.45) is 0 Å². The highest BCUT2D eigenvalue weighted by molar-refractivity contribution is 5.95. The van der Waals surface area contributed by atoms with Crippen LogP contribution in [0.25, 0.3) is 0 Å². The van der Waals surface area contributed by atoms with Gasteiger partial charge in [0.25, 0.3) is 0 Å². The predicted octanol–water partition coefficient (Wildman–Crippen LogP) is 2.51. The smallest absolute Gasteiger partial charge is 0.337 e. The minimum atomic E-state index is -0.976. The summed E-state index contributed by atoms with van der Waals surface area (Å²) in [6.07, 6.45) is 2.20. The van der Waals surface area contributed by atoms with E-state index in [-0.39, 0.29) is 5.56 Å². The van der Waals surface area contributed by atoms with E-state index in [2.05, 4.69) is 11.8 Å². The first-order valence-corrected chi connectivity index (χ1v) is 5.82. The Bertz CT molecular complexity index is 416. The molecular weight excluding hydrogens is 216 g/mol. The van der Waals surface area contributed by atoms with Gasteiger partial charge in [0.15, 0.2) is 0 Å². The Labute approximate surface area is 102 Å². The molecule has 0 bridgehead atoms. The summed E-state index contributed by atoms with van der Waals surface area (Å²) < 4.78 is 0. The molecule has 4 nitrogen and oxygen atoms in total. The highest BCUT2D eigenvalue weighted by Crippen LogP contribution is 2.25. The molecule has 3 N–H and O–H groups in total. The molecule has 0 heterocycles. The molecule has 94 valence electrons. The van der Waals surface area contributed by atoms with Gasteiger partial charge in [-0.25, -0.2) is 4.79 Å². The maximum atomic E-state index is 11.1. The summed E-state index contributed by atoms with van der Waals surface area (Å²) in [5, 5.41) is 9.07. The van der Waals surface area contributed by atoms with Crippen LogP contribution in [0.1, 0.15) is 35.7 Å². The topological polar surface area (TPSA) is 66.6 Å². The molecule has 0 aliphatic carbocycles. The summed E-state index contributed by atoms with van der Waals surface area (Å²) in [5.41, 5.74) is 8.00. The van der Waals surface area contributed by atoms with Crippen LogP contribution < -0.4 is 10.6 Å². The molecule has 0 amide bonds. The van der Waals surface area contributed by atoms with Crippen molar-refractivity contribution in [3.8, 4) is 0 Å². The SMILES string of the molecule is CCCCN(C)c1cc(C)c(N)c(C(=O)O)c1. The Morgan fingerprint density at radius 3 is 2.65 bits per heavy atom. The van der Waals surface area contributed by atoms with Crippen molar-refractivity contribution in [3.05, 3.63) is 23.3 Å². The number of unbranched alkanes of at least 4 members (excludes halogenated alkanes) is 1. The minimum absolute atomic E-state index is 0.184. The van der Waals surface area contributed by atoms with Crippen LogP contribution in [0.5, 0.6) is 0 Å². The van der Waals surface area contributed by atoms with Crippen LogP contribution in [-0.2, 0) is 0 Å². The van der Waals surface area contributed by atoms with Crippen molar-refractivity contribution in [1.82, 2.24) is 0 Å². The van der Waals surface area contributed by atoms with Gasteiger partial charge >= 0.3 is 5.97 Å². The minimum Gasteiger partial charge on any atom is -0.478 e. The molecule has 0 unspecified atom stereocenters. The number of hydrogen-bond donors (Lipinski definition) is 2. The molecule has 0 aliphatic heterocycles. The largest absolute Gasteiger partial charge is 0.478 e. The van der Waals surface area contributed by atoms with Crippen molar-refractivity contribution >= 4 is 17.3 Å². The van der Waals surface area contributed by atoms with Gasteiger partial charge in [-0.2, -0.15) is 0 Å². The van der Waals surface area contributed by atoms with Crippen molar-refractivity contribution in [2.75, 3.05) is 24.2 Å². The lowest BCUT2D eigenvalue weighted by molar-refractivity contribution is 0.0698. The molecule has 0 atom stereocenters. The molecule has 1 rings (SSSR count). The highest BCUT2D eigenvalue weighted by atomic mass is 16.4. The fourth-order valence-corrected chi connectivity index (χ4v) is 1.70. The van der Waals surface area contributed by atoms with Gasteiger partial charge in [0, 0.05) is 25.0 Å². The number of aromatic carboxylic acids is 1. The predicted molar refractivity (Wildman–Crippen MR) is 70.7 cm³/mol. The number of nitrogen functional groups attached to an aromatic ring is 1. The average molecular weight is 236 g/mol. The average Bonchev–Trinajstić information content (AvgIpc) is 2.28. The van der Waals surface area contributed by atoms with Gasteiger partial charge in [-0.15, -0.1) is 0 Å². The Morgan fingerprint density at radius 2 is 2.12 bits per heavy atom. The Morgan fingerprint density at radius 1 is 1.47 bits per heavy atom. The zero-order valence-corrected chi connectivity index (χ0v) is 10.7. The summed E-state index contributed by atoms with van der Waals surface area (Å²) in [7, 11) is 1.96. The van der Waals surface area contributed by atoms with Gasteiger partial charge in [-0.3, -0.25) is 0 Å². The number of carboxylic acid groups (broad SMARTS) is 1. The molecular formula is C13H20N2O2. The van der Waals surface area contributed by atoms with Gasteiger partial charge in [-0.1, -0.05) is 13.3 Å². The lowest BCUT2D eigenvalue weighted by Gasteiger charge is -2.21. The van der Waals surface area contributed by atoms with Gasteiger partial charge in [-0.05, 0) is 31.0 Å². The number of aryl methyl sites for hydroxylation is 1. The monoisotopic (exact) mass is 236 g/mol. The molecule has 1 aromatic rings. The number of benzene rings is 1. The van der Waals surface area contributed by atoms with E-state index >= 15 is 0 Å². The maximum Gasteiger partial charge on any atom is 0.337 e. The lowest BCUT2D eigenvalue weighted by atomic mass is 10.1. The summed E-state index contributed by atoms with van der Waals surface area (Å²) in [4.78, 5) is 13.1. The Kier molecular flexibility index (Phi) is 4.37. The van der Waals surface area contributed by atoms with Crippen molar-refractivity contribution in [1.29, 1.82) is 0 Å². The van der Waals surface area contributed by atoms with E-state index in [1.54, 1.807) is 6.07 Å². The van der Waals surface area contributed by atoms with Crippen LogP contribution in [0.4, 0.5) is 11.4 Å². The fourth-order valence-electron chi connectivity index (χ4n) is 1.70. The number of anilines is 2. The quantitative estimate of drug-likeness (QED) is 0.771. The van der Waals surface area contributed by atoms with E-state index in [4.69, 9.17) is 10.8 Å². The zero-order chi connectivity index (χ0) is 13.0. The van der Waals surface area contributed by atoms with E-state index in [9.17, 15) is 4.79 Å². The standard InChI is InChI=1S/C13H20N2O2/c1-4-5-6-15(3)10-7-9(2)12(14)11(8-10)13(16)17/h7-8H,4-6,14H2,1-3H3,(H,16,17). The third kappa shape index (κ3) is 3.12. The van der Waals surface area contributed by atoms with Crippen LogP contribution >= 0.6 is 0 Å². The number of carboxylic acids is 1. The second kappa shape index (κ2) is 5.57. The van der Waals surface area contributed by atoms with Crippen molar-refractivity contribution < 1.29 is 9.90 Å². The highest BCUT2D eigenvalue weighted by Gasteiger charge is 2.13. The second-order valence-electron chi connectivity index (χ2n) is 4.30. The molecule has 17 heavy (non-hydrogen) atoms. The third-order valence-electron chi connectivity index (χ3n) is 2.89. The first-order valence-electron chi connectivity index (χ1n) is 5.82. The fraction of sp³-hybridized carbons (Fsp3) is 0.462. The molecule has 0 radical (unpaired) electrons. The Balaban J connectivity index is 3.05. The van der Waals surface area contributed by atoms with Gasteiger partial charge in [0.05, 0.1) is 5.56 Å². The number of nitrogens with zero attached hydrogens (tertiary/aromatic N) is 1. The van der Waals surface area contributed by atoms with E-state index in [1.807, 2.05) is 20.0 Å². The van der Waals surface area contributed by atoms with Crippen LogP contribution in [0.3, 0.4) is 0 Å². The number of rotatable bonds is 5. The van der Waals surface area contributed by atoms with Crippen LogP contribution in [0.15, 0.2) is 12.1 Å². The van der Waals surface area contributed by atoms with E-state index < -0.39 is 5.97 Å². The maximum absolute atomic E-state index is 11.1. The molecule has 0 saturated heterocycles. The Hall–Kier alpha value is -1.71. The molecule has 0 fully saturated rings. The molecule has 0 spiro atoms. The van der Waals surface area contributed by atoms with Gasteiger partial charge in [0.1, 0.15) is 0 Å². The molecule has 0 aromatic heterocycles. The zero-order valence-electron chi connectivity index (χ0n) is 10.7. The molecule has 0 saturated carbocycles. The normalized spacial score (nSPS) is 10.3. The summed E-state index contributed by atoms with van der Waals surface area (Å²) in [6.45, 7) is 4.88. The molecule has 4 heteroatoms. The second-order valence-corrected chi connectivity index (χ2v) is 4.30. The van der Waals surface area contributed by atoms with E-state index in [0.29, 0.717) is 5.69 Å². The van der Waals surface area contributed by atoms with Crippen LogP contribution in [0, 0.1) is 6.92 Å². The summed E-state index contributed by atoms with van der Waals surface area (Å²) in [5.74, 6) is -0.976. The lowest BCUT2D eigenvalue weighted by Crippen LogP contribution is -2.19. The van der Waals surface area contributed by atoms with Gasteiger partial charge < -0.3 is 15.7 Å². The molecule has 1 aromatic carbocycles. The number of carbonyl (C=O) groups is 1. The number of hydrogen-bond acceptors (Lipinski definition) is 3. The first-order chi connectivity index (χ1) is 7.97. The summed E-state index contributed by atoms with van der Waals surface area (Å²) in [6, 6.07) is 3.57. The van der Waals surface area contributed by atoms with Gasteiger partial charge in [0.2, 0.25) is 0 Å².